The number of rotatable bonds is 5. The molecule has 2 aromatic heterocycles. The number of anilines is 3. The zero-order chi connectivity index (χ0) is 23.8. The van der Waals surface area contributed by atoms with Crippen LogP contribution in [-0.2, 0) is 18.0 Å². The van der Waals surface area contributed by atoms with E-state index in [1.807, 2.05) is 30.7 Å². The fraction of sp³-hybridized carbons (Fsp3) is 0.364. The molecule has 1 atom stereocenters. The van der Waals surface area contributed by atoms with E-state index in [0.717, 1.165) is 54.3 Å². The molecule has 1 aliphatic rings. The van der Waals surface area contributed by atoms with Crippen molar-refractivity contribution in [3.8, 4) is 0 Å². The number of nitrogens with zero attached hydrogens (tertiary/aromatic N) is 5. The Hall–Kier alpha value is -3.63. The van der Waals surface area contributed by atoms with Crippen LogP contribution in [0.5, 0.6) is 0 Å². The van der Waals surface area contributed by atoms with Crippen molar-refractivity contribution in [1.29, 1.82) is 0 Å². The Bertz CT molecular complexity index is 1190. The summed E-state index contributed by atoms with van der Waals surface area (Å²) in [5.41, 5.74) is 2.38. The van der Waals surface area contributed by atoms with Crippen LogP contribution in [0.15, 0.2) is 37.2 Å². The zero-order valence-corrected chi connectivity index (χ0v) is 18.3. The van der Waals surface area contributed by atoms with Gasteiger partial charge in [-0.1, -0.05) is 6.58 Å². The van der Waals surface area contributed by atoms with Gasteiger partial charge in [-0.2, -0.15) is 13.2 Å². The molecule has 1 saturated heterocycles. The maximum absolute atomic E-state index is 12.7. The molecule has 174 valence electrons. The van der Waals surface area contributed by atoms with Gasteiger partial charge in [-0.25, -0.2) is 15.0 Å². The first kappa shape index (κ1) is 22.6. The van der Waals surface area contributed by atoms with Gasteiger partial charge in [-0.05, 0) is 43.5 Å². The second-order valence-corrected chi connectivity index (χ2v) is 8.04. The molecule has 1 unspecified atom stereocenters. The molecule has 0 bridgehead atoms. The molecule has 3 heterocycles. The summed E-state index contributed by atoms with van der Waals surface area (Å²) in [5.74, 6) is 0.651. The first-order chi connectivity index (χ1) is 15.7. The molecule has 1 amide bonds. The van der Waals surface area contributed by atoms with E-state index in [2.05, 4.69) is 32.1 Å². The highest BCUT2D eigenvalue weighted by molar-refractivity contribution is 6.00. The summed E-state index contributed by atoms with van der Waals surface area (Å²) in [6.07, 6.45) is 0.0313. The fourth-order valence-corrected chi connectivity index (χ4v) is 3.94. The molecule has 1 fully saturated rings. The molecule has 1 aliphatic heterocycles. The monoisotopic (exact) mass is 459 g/mol. The van der Waals surface area contributed by atoms with Gasteiger partial charge < -0.3 is 20.1 Å². The van der Waals surface area contributed by atoms with E-state index in [4.69, 9.17) is 4.98 Å². The summed E-state index contributed by atoms with van der Waals surface area (Å²) < 4.78 is 40.2. The van der Waals surface area contributed by atoms with Crippen LogP contribution in [0.4, 0.5) is 30.8 Å². The minimum Gasteiger partial charge on any atom is -0.350 e. The van der Waals surface area contributed by atoms with Crippen LogP contribution in [-0.4, -0.2) is 44.6 Å². The first-order valence-corrected chi connectivity index (χ1v) is 10.5. The third-order valence-corrected chi connectivity index (χ3v) is 5.66. The Morgan fingerprint density at radius 1 is 1.27 bits per heavy atom. The summed E-state index contributed by atoms with van der Waals surface area (Å²) in [4.78, 5) is 26.2. The van der Waals surface area contributed by atoms with E-state index in [9.17, 15) is 18.0 Å². The molecular formula is C22H24F3N7O. The van der Waals surface area contributed by atoms with E-state index in [1.54, 1.807) is 0 Å². The minimum atomic E-state index is -4.47. The number of benzene rings is 1. The molecule has 0 saturated carbocycles. The van der Waals surface area contributed by atoms with Crippen molar-refractivity contribution in [1.82, 2.24) is 19.5 Å². The molecule has 0 spiro atoms. The third kappa shape index (κ3) is 4.76. The number of alkyl halides is 3. The fourth-order valence-electron chi connectivity index (χ4n) is 3.94. The number of fused-ring (bicyclic) bond motifs is 1. The van der Waals surface area contributed by atoms with Gasteiger partial charge in [-0.15, -0.1) is 0 Å². The lowest BCUT2D eigenvalue weighted by molar-refractivity contribution is -0.138. The average Bonchev–Trinajstić information content (AvgIpc) is 3.09. The Labute approximate surface area is 188 Å². The second-order valence-electron chi connectivity index (χ2n) is 8.04. The Kier molecular flexibility index (Phi) is 5.96. The molecule has 0 radical (unpaired) electrons. The molecule has 4 rings (SSSR count). The summed E-state index contributed by atoms with van der Waals surface area (Å²) >= 11 is 0. The number of carbonyl (C=O) groups is 1. The Balaban J connectivity index is 1.52. The smallest absolute Gasteiger partial charge is 0.350 e. The highest BCUT2D eigenvalue weighted by Crippen LogP contribution is 2.30. The maximum atomic E-state index is 12.7. The second kappa shape index (κ2) is 8.72. The van der Waals surface area contributed by atoms with Crippen LogP contribution >= 0.6 is 0 Å². The number of nitrogens with one attached hydrogen (secondary N) is 2. The van der Waals surface area contributed by atoms with Gasteiger partial charge in [0, 0.05) is 44.3 Å². The number of imidazole rings is 1. The first-order valence-electron chi connectivity index (χ1n) is 10.5. The zero-order valence-electron chi connectivity index (χ0n) is 18.3. The SMILES string of the molecule is C=CC(=O)Nc1cc2nc(N3CCCC(Nc4ncc(C(F)(F)F)cn4)C3)n(C)c2cc1C. The number of aryl methyl sites for hydroxylation is 2. The van der Waals surface area contributed by atoms with E-state index in [0.29, 0.717) is 12.2 Å². The number of amides is 1. The lowest BCUT2D eigenvalue weighted by atomic mass is 10.1. The Morgan fingerprint density at radius 2 is 2.00 bits per heavy atom. The summed E-state index contributed by atoms with van der Waals surface area (Å²) in [6.45, 7) is 6.78. The van der Waals surface area contributed by atoms with Crippen molar-refractivity contribution >= 4 is 34.5 Å². The largest absolute Gasteiger partial charge is 0.419 e. The van der Waals surface area contributed by atoms with Crippen LogP contribution in [0.3, 0.4) is 0 Å². The van der Waals surface area contributed by atoms with Gasteiger partial charge in [0.05, 0.1) is 16.6 Å². The van der Waals surface area contributed by atoms with E-state index < -0.39 is 11.7 Å². The van der Waals surface area contributed by atoms with Crippen molar-refractivity contribution < 1.29 is 18.0 Å². The standard InChI is InChI=1S/C22H24F3N7O/c1-4-19(33)29-16-9-17-18(8-13(16)2)31(3)21(30-17)32-7-5-6-15(12-32)28-20-26-10-14(11-27-20)22(23,24)25/h4,8-11,15H,1,5-7,12H2,2-3H3,(H,29,33)(H,26,27,28). The highest BCUT2D eigenvalue weighted by atomic mass is 19.4. The van der Waals surface area contributed by atoms with Gasteiger partial charge in [0.25, 0.3) is 0 Å². The van der Waals surface area contributed by atoms with Crippen molar-refractivity contribution in [2.75, 3.05) is 28.6 Å². The molecule has 0 aliphatic carbocycles. The predicted octanol–water partition coefficient (Wildman–Crippen LogP) is 3.90. The van der Waals surface area contributed by atoms with E-state index in [1.165, 1.54) is 6.08 Å². The number of piperidine rings is 1. The van der Waals surface area contributed by atoms with Gasteiger partial charge in [0.2, 0.25) is 17.8 Å². The number of halogens is 3. The predicted molar refractivity (Wildman–Crippen MR) is 120 cm³/mol. The summed E-state index contributed by atoms with van der Waals surface area (Å²) in [5, 5.41) is 5.93. The molecule has 8 nitrogen and oxygen atoms in total. The van der Waals surface area contributed by atoms with Gasteiger partial charge in [0.1, 0.15) is 0 Å². The number of hydrogen-bond donors (Lipinski definition) is 2. The summed E-state index contributed by atoms with van der Waals surface area (Å²) in [6, 6.07) is 3.77. The van der Waals surface area contributed by atoms with Gasteiger partial charge >= 0.3 is 6.18 Å². The maximum Gasteiger partial charge on any atom is 0.419 e. The number of hydrogen-bond acceptors (Lipinski definition) is 6. The van der Waals surface area contributed by atoms with Crippen molar-refractivity contribution in [3.05, 3.63) is 48.3 Å². The third-order valence-electron chi connectivity index (χ3n) is 5.66. The van der Waals surface area contributed by atoms with E-state index >= 15 is 0 Å². The normalized spacial score (nSPS) is 16.6. The molecular weight excluding hydrogens is 435 g/mol. The van der Waals surface area contributed by atoms with E-state index in [-0.39, 0.29) is 17.9 Å². The molecule has 11 heteroatoms. The lowest BCUT2D eigenvalue weighted by Gasteiger charge is -2.33. The van der Waals surface area contributed by atoms with Crippen LogP contribution in [0.1, 0.15) is 24.0 Å². The average molecular weight is 459 g/mol. The lowest BCUT2D eigenvalue weighted by Crippen LogP contribution is -2.43. The Morgan fingerprint density at radius 3 is 2.67 bits per heavy atom. The number of aromatic nitrogens is 4. The van der Waals surface area contributed by atoms with Crippen molar-refractivity contribution in [3.63, 3.8) is 0 Å². The molecule has 1 aromatic carbocycles. The van der Waals surface area contributed by atoms with Crippen LogP contribution in [0.2, 0.25) is 0 Å². The topological polar surface area (TPSA) is 88.0 Å². The molecule has 33 heavy (non-hydrogen) atoms. The molecule has 2 N–H and O–H groups in total. The van der Waals surface area contributed by atoms with Crippen molar-refractivity contribution in [2.24, 2.45) is 7.05 Å². The van der Waals surface area contributed by atoms with Gasteiger partial charge in [-0.3, -0.25) is 4.79 Å². The van der Waals surface area contributed by atoms with Crippen molar-refractivity contribution in [2.45, 2.75) is 32.0 Å². The minimum absolute atomic E-state index is 0.0422. The quantitative estimate of drug-likeness (QED) is 0.563. The summed E-state index contributed by atoms with van der Waals surface area (Å²) in [7, 11) is 1.93. The van der Waals surface area contributed by atoms with Crippen LogP contribution in [0, 0.1) is 6.92 Å². The molecule has 3 aromatic rings. The number of carbonyl (C=O) groups excluding carboxylic acids is 1. The van der Waals surface area contributed by atoms with Crippen LogP contribution < -0.4 is 15.5 Å². The van der Waals surface area contributed by atoms with Gasteiger partial charge in [0.15, 0.2) is 0 Å². The highest BCUT2D eigenvalue weighted by Gasteiger charge is 2.31. The van der Waals surface area contributed by atoms with Crippen LogP contribution in [0.25, 0.3) is 11.0 Å².